The molecule has 7 nitrogen and oxygen atoms in total. The lowest BCUT2D eigenvalue weighted by Crippen LogP contribution is -2.39. The van der Waals surface area contributed by atoms with E-state index in [2.05, 4.69) is 10.4 Å². The molecule has 1 N–H and O–H groups in total. The summed E-state index contributed by atoms with van der Waals surface area (Å²) in [6.07, 6.45) is 6.88. The van der Waals surface area contributed by atoms with Crippen LogP contribution in [0.15, 0.2) is 30.5 Å². The van der Waals surface area contributed by atoms with Crippen molar-refractivity contribution in [3.05, 3.63) is 36.2 Å². The molecule has 27 heavy (non-hydrogen) atoms. The maximum Gasteiger partial charge on any atom is 0.231 e. The molecule has 1 saturated carbocycles. The van der Waals surface area contributed by atoms with Crippen LogP contribution in [0.25, 0.3) is 0 Å². The summed E-state index contributed by atoms with van der Waals surface area (Å²) < 4.78 is 18.6. The smallest absolute Gasteiger partial charge is 0.231 e. The van der Waals surface area contributed by atoms with Crippen LogP contribution in [0.4, 0.5) is 0 Å². The van der Waals surface area contributed by atoms with Gasteiger partial charge in [0.2, 0.25) is 12.7 Å². The van der Waals surface area contributed by atoms with Crippen LogP contribution >= 0.6 is 0 Å². The maximum atomic E-state index is 12.2. The van der Waals surface area contributed by atoms with Crippen LogP contribution in [0.1, 0.15) is 37.8 Å². The Labute approximate surface area is 158 Å². The van der Waals surface area contributed by atoms with Crippen LogP contribution in [0.3, 0.4) is 0 Å². The van der Waals surface area contributed by atoms with Crippen molar-refractivity contribution in [3.63, 3.8) is 0 Å². The molecule has 1 amide bonds. The number of nitrogens with one attached hydrogen (secondary N) is 1. The molecule has 0 spiro atoms. The molecule has 1 fully saturated rings. The predicted octanol–water partition coefficient (Wildman–Crippen LogP) is 2.59. The first-order valence-corrected chi connectivity index (χ1v) is 9.50. The topological polar surface area (TPSA) is 74.6 Å². The highest BCUT2D eigenvalue weighted by Crippen LogP contribution is 2.36. The third kappa shape index (κ3) is 4.35. The van der Waals surface area contributed by atoms with Crippen molar-refractivity contribution in [2.24, 2.45) is 7.05 Å². The van der Waals surface area contributed by atoms with E-state index in [-0.39, 0.29) is 24.8 Å². The molecule has 1 aromatic heterocycles. The van der Waals surface area contributed by atoms with Crippen molar-refractivity contribution in [2.75, 3.05) is 6.79 Å². The maximum absolute atomic E-state index is 12.2. The van der Waals surface area contributed by atoms with Crippen molar-refractivity contribution in [3.8, 4) is 17.2 Å². The van der Waals surface area contributed by atoms with E-state index in [9.17, 15) is 4.79 Å². The minimum atomic E-state index is 0.108. The zero-order chi connectivity index (χ0) is 18.6. The Bertz CT molecular complexity index is 796. The normalized spacial score (nSPS) is 21.1. The molecule has 2 aromatic rings. The van der Waals surface area contributed by atoms with Crippen molar-refractivity contribution >= 4 is 5.91 Å². The molecular weight excluding hydrogens is 346 g/mol. The first-order chi connectivity index (χ1) is 13.2. The molecular formula is C20H25N3O4. The Hall–Kier alpha value is -2.70. The van der Waals surface area contributed by atoms with Crippen LogP contribution in [-0.4, -0.2) is 34.6 Å². The number of carbonyl (C=O) groups excluding carboxylic acids is 1. The van der Waals surface area contributed by atoms with Gasteiger partial charge in [0.15, 0.2) is 11.5 Å². The zero-order valence-electron chi connectivity index (χ0n) is 15.5. The summed E-state index contributed by atoms with van der Waals surface area (Å²) >= 11 is 0. The Morgan fingerprint density at radius 1 is 1.22 bits per heavy atom. The average molecular weight is 371 g/mol. The second-order valence-electron chi connectivity index (χ2n) is 7.12. The lowest BCUT2D eigenvalue weighted by Gasteiger charge is -2.29. The second kappa shape index (κ2) is 7.90. The van der Waals surface area contributed by atoms with Gasteiger partial charge in [0.1, 0.15) is 5.75 Å². The summed E-state index contributed by atoms with van der Waals surface area (Å²) in [7, 11) is 1.90. The number of aryl methyl sites for hydroxylation is 2. The van der Waals surface area contributed by atoms with E-state index < -0.39 is 0 Å². The molecule has 0 atom stereocenters. The molecule has 0 saturated heterocycles. The van der Waals surface area contributed by atoms with E-state index in [1.807, 2.05) is 36.0 Å². The number of carbonyl (C=O) groups is 1. The minimum absolute atomic E-state index is 0.108. The molecule has 4 rings (SSSR count). The number of ether oxygens (including phenoxy) is 3. The van der Waals surface area contributed by atoms with E-state index in [1.165, 1.54) is 0 Å². The van der Waals surface area contributed by atoms with E-state index in [4.69, 9.17) is 14.2 Å². The first-order valence-electron chi connectivity index (χ1n) is 9.50. The zero-order valence-corrected chi connectivity index (χ0v) is 15.5. The summed E-state index contributed by atoms with van der Waals surface area (Å²) in [5, 5.41) is 7.29. The fourth-order valence-electron chi connectivity index (χ4n) is 3.66. The van der Waals surface area contributed by atoms with Crippen LogP contribution in [0.2, 0.25) is 0 Å². The molecule has 0 radical (unpaired) electrons. The second-order valence-corrected chi connectivity index (χ2v) is 7.12. The third-order valence-electron chi connectivity index (χ3n) is 5.22. The standard InChI is InChI=1S/C20H25N3O4/c1-23-15(10-11-21-23)4-9-20(24)22-14-2-5-16(6-3-14)27-17-7-8-18-19(12-17)26-13-25-18/h7-8,10-12,14,16H,2-6,9,13H2,1H3,(H,22,24). The van der Waals surface area contributed by atoms with Gasteiger partial charge >= 0.3 is 0 Å². The number of hydrogen-bond acceptors (Lipinski definition) is 5. The number of hydrogen-bond donors (Lipinski definition) is 1. The number of nitrogens with zero attached hydrogens (tertiary/aromatic N) is 2. The van der Waals surface area contributed by atoms with Gasteiger partial charge in [-0.25, -0.2) is 0 Å². The SMILES string of the molecule is Cn1nccc1CCC(=O)NC1CCC(Oc2ccc3c(c2)OCO3)CC1. The number of amides is 1. The summed E-state index contributed by atoms with van der Waals surface area (Å²) in [4.78, 5) is 12.2. The molecule has 0 bridgehead atoms. The molecule has 144 valence electrons. The van der Waals surface area contributed by atoms with Gasteiger partial charge in [-0.1, -0.05) is 0 Å². The molecule has 2 aliphatic rings. The quantitative estimate of drug-likeness (QED) is 0.845. The number of fused-ring (bicyclic) bond motifs is 1. The summed E-state index contributed by atoms with van der Waals surface area (Å²) in [5.41, 5.74) is 1.07. The lowest BCUT2D eigenvalue weighted by atomic mass is 9.92. The Balaban J connectivity index is 1.19. The van der Waals surface area contributed by atoms with E-state index in [0.717, 1.165) is 48.6 Å². The van der Waals surface area contributed by atoms with Gasteiger partial charge in [-0.15, -0.1) is 0 Å². The molecule has 1 aliphatic heterocycles. The van der Waals surface area contributed by atoms with Gasteiger partial charge in [0.25, 0.3) is 0 Å². The van der Waals surface area contributed by atoms with Gasteiger partial charge < -0.3 is 19.5 Å². The minimum Gasteiger partial charge on any atom is -0.490 e. The molecule has 2 heterocycles. The lowest BCUT2D eigenvalue weighted by molar-refractivity contribution is -0.122. The van der Waals surface area contributed by atoms with Gasteiger partial charge in [0, 0.05) is 37.5 Å². The number of rotatable bonds is 6. The van der Waals surface area contributed by atoms with Crippen LogP contribution in [0.5, 0.6) is 17.2 Å². The highest BCUT2D eigenvalue weighted by Gasteiger charge is 2.24. The Kier molecular flexibility index (Phi) is 5.18. The molecule has 7 heteroatoms. The van der Waals surface area contributed by atoms with Crippen LogP contribution in [0, 0.1) is 0 Å². The predicted molar refractivity (Wildman–Crippen MR) is 98.9 cm³/mol. The summed E-state index contributed by atoms with van der Waals surface area (Å²) in [6.45, 7) is 0.268. The van der Waals surface area contributed by atoms with Crippen molar-refractivity contribution in [2.45, 2.75) is 50.7 Å². The van der Waals surface area contributed by atoms with E-state index >= 15 is 0 Å². The van der Waals surface area contributed by atoms with E-state index in [1.54, 1.807) is 6.20 Å². The molecule has 0 unspecified atom stereocenters. The fraction of sp³-hybridized carbons (Fsp3) is 0.500. The number of aromatic nitrogens is 2. The van der Waals surface area contributed by atoms with Gasteiger partial charge in [0.05, 0.1) is 6.10 Å². The van der Waals surface area contributed by atoms with Gasteiger partial charge in [-0.3, -0.25) is 9.48 Å². The monoisotopic (exact) mass is 371 g/mol. The number of benzene rings is 1. The van der Waals surface area contributed by atoms with Crippen molar-refractivity contribution in [1.29, 1.82) is 0 Å². The Morgan fingerprint density at radius 3 is 2.81 bits per heavy atom. The largest absolute Gasteiger partial charge is 0.490 e. The van der Waals surface area contributed by atoms with E-state index in [0.29, 0.717) is 12.8 Å². The fourth-order valence-corrected chi connectivity index (χ4v) is 3.66. The highest BCUT2D eigenvalue weighted by atomic mass is 16.7. The van der Waals surface area contributed by atoms with Crippen molar-refractivity contribution in [1.82, 2.24) is 15.1 Å². The summed E-state index contributed by atoms with van der Waals surface area (Å²) in [6, 6.07) is 7.87. The van der Waals surface area contributed by atoms with Crippen molar-refractivity contribution < 1.29 is 19.0 Å². The molecule has 1 aliphatic carbocycles. The Morgan fingerprint density at radius 2 is 2.04 bits per heavy atom. The van der Waals surface area contributed by atoms with Crippen LogP contribution in [-0.2, 0) is 18.3 Å². The van der Waals surface area contributed by atoms with Gasteiger partial charge in [-0.2, -0.15) is 5.10 Å². The first kappa shape index (κ1) is 17.7. The molecule has 1 aromatic carbocycles. The average Bonchev–Trinajstić information content (AvgIpc) is 3.30. The third-order valence-corrected chi connectivity index (χ3v) is 5.22. The van der Waals surface area contributed by atoms with Crippen LogP contribution < -0.4 is 19.5 Å². The highest BCUT2D eigenvalue weighted by molar-refractivity contribution is 5.76. The van der Waals surface area contributed by atoms with Gasteiger partial charge in [-0.05, 0) is 50.3 Å². The summed E-state index contributed by atoms with van der Waals surface area (Å²) in [5.74, 6) is 2.42.